The van der Waals surface area contributed by atoms with Crippen molar-refractivity contribution < 1.29 is 36.9 Å². The number of hydrogen-bond donors (Lipinski definition) is 2. The molecule has 4 rings (SSSR count). The van der Waals surface area contributed by atoms with Crippen LogP contribution < -0.4 is 10.5 Å². The van der Waals surface area contributed by atoms with Crippen LogP contribution in [0.4, 0.5) is 5.69 Å². The maximum atomic E-state index is 12.9. The molecule has 160 valence electrons. The largest absolute Gasteiger partial charge is 0.342 e. The lowest BCUT2D eigenvalue weighted by molar-refractivity contribution is -0.229. The summed E-state index contributed by atoms with van der Waals surface area (Å²) in [5.41, 5.74) is 0.381. The number of primary sulfonamides is 1. The summed E-state index contributed by atoms with van der Waals surface area (Å²) in [6.45, 7) is 7.02. The molecule has 0 aliphatic carbocycles. The minimum absolute atomic E-state index is 0.0552. The molecule has 29 heavy (non-hydrogen) atoms. The Bertz CT molecular complexity index is 914. The highest BCUT2D eigenvalue weighted by atomic mass is 32.2. The van der Waals surface area contributed by atoms with Crippen molar-refractivity contribution in [3.8, 4) is 0 Å². The second kappa shape index (κ2) is 6.71. The fourth-order valence-electron chi connectivity index (χ4n) is 3.76. The highest BCUT2D eigenvalue weighted by Gasteiger charge is 2.62. The lowest BCUT2D eigenvalue weighted by Crippen LogP contribution is -2.58. The Labute approximate surface area is 168 Å². The third-order valence-corrected chi connectivity index (χ3v) is 5.79. The molecular weight excluding hydrogens is 404 g/mol. The number of carbonyl (C=O) groups is 1. The molecule has 3 fully saturated rings. The molecule has 1 aromatic carbocycles. The Morgan fingerprint density at radius 3 is 2.10 bits per heavy atom. The number of carbonyl (C=O) groups excluding carboxylic acids is 1. The van der Waals surface area contributed by atoms with E-state index in [0.29, 0.717) is 5.69 Å². The SMILES string of the molecule is CC1(C)O[C@H]2[C@@H](O1)[C@@H](C(=O)Nc1ccc(S(N)(=O)=O)cc1)O[C@@H]1OC(C)(C)O[C@@H]12. The summed E-state index contributed by atoms with van der Waals surface area (Å²) in [4.78, 5) is 12.9. The lowest BCUT2D eigenvalue weighted by atomic mass is 9.98. The number of hydrogen-bond acceptors (Lipinski definition) is 8. The first-order valence-electron chi connectivity index (χ1n) is 9.15. The molecule has 3 aliphatic heterocycles. The average Bonchev–Trinajstić information content (AvgIpc) is 3.07. The van der Waals surface area contributed by atoms with Crippen LogP contribution in [0.25, 0.3) is 0 Å². The second-order valence-corrected chi connectivity index (χ2v) is 9.71. The molecule has 11 heteroatoms. The summed E-state index contributed by atoms with van der Waals surface area (Å²) in [6, 6.07) is 5.49. The van der Waals surface area contributed by atoms with E-state index in [1.165, 1.54) is 24.3 Å². The maximum absolute atomic E-state index is 12.9. The fraction of sp³-hybridized carbons (Fsp3) is 0.611. The van der Waals surface area contributed by atoms with Crippen LogP contribution in [0.5, 0.6) is 0 Å². The predicted octanol–water partition coefficient (Wildman–Crippen LogP) is 0.669. The smallest absolute Gasteiger partial charge is 0.256 e. The van der Waals surface area contributed by atoms with Crippen molar-refractivity contribution in [2.24, 2.45) is 5.14 Å². The minimum atomic E-state index is -3.82. The fourth-order valence-corrected chi connectivity index (χ4v) is 4.28. The molecule has 3 N–H and O–H groups in total. The van der Waals surface area contributed by atoms with E-state index in [-0.39, 0.29) is 4.90 Å². The van der Waals surface area contributed by atoms with Gasteiger partial charge in [0, 0.05) is 5.69 Å². The summed E-state index contributed by atoms with van der Waals surface area (Å²) in [7, 11) is -3.82. The molecule has 0 radical (unpaired) electrons. The van der Waals surface area contributed by atoms with Gasteiger partial charge in [0.25, 0.3) is 5.91 Å². The van der Waals surface area contributed by atoms with E-state index in [9.17, 15) is 13.2 Å². The molecule has 3 aliphatic rings. The van der Waals surface area contributed by atoms with Gasteiger partial charge in [-0.1, -0.05) is 0 Å². The molecule has 0 spiro atoms. The Balaban J connectivity index is 1.54. The van der Waals surface area contributed by atoms with Gasteiger partial charge in [-0.2, -0.15) is 0 Å². The highest BCUT2D eigenvalue weighted by Crippen LogP contribution is 2.44. The summed E-state index contributed by atoms with van der Waals surface area (Å²) in [5.74, 6) is -2.28. The number of nitrogens with two attached hydrogens (primary N) is 1. The van der Waals surface area contributed by atoms with E-state index in [1.807, 2.05) is 0 Å². The standard InChI is InChI=1S/C18H24N2O8S/c1-17(2)25-11-12(26-17)14-16(28-18(3,4)27-14)24-13(11)15(21)20-9-5-7-10(8-6-9)29(19,22)23/h5-8,11-14,16H,1-4H3,(H,20,21)(H2,19,22,23)/t11-,12+,13+,14-,16-/m1/s1. The van der Waals surface area contributed by atoms with Gasteiger partial charge in [-0.25, -0.2) is 13.6 Å². The molecule has 10 nitrogen and oxygen atoms in total. The van der Waals surface area contributed by atoms with Gasteiger partial charge in [-0.15, -0.1) is 0 Å². The van der Waals surface area contributed by atoms with E-state index >= 15 is 0 Å². The van der Waals surface area contributed by atoms with E-state index in [2.05, 4.69) is 5.32 Å². The summed E-state index contributed by atoms with van der Waals surface area (Å²) in [5, 5.41) is 7.79. The first kappa shape index (κ1) is 20.7. The molecule has 3 heterocycles. The lowest BCUT2D eigenvalue weighted by Gasteiger charge is -2.36. The zero-order valence-electron chi connectivity index (χ0n) is 16.4. The van der Waals surface area contributed by atoms with Crippen LogP contribution in [-0.4, -0.2) is 56.6 Å². The summed E-state index contributed by atoms with van der Waals surface area (Å²) < 4.78 is 52.2. The second-order valence-electron chi connectivity index (χ2n) is 8.15. The Morgan fingerprint density at radius 1 is 0.931 bits per heavy atom. The Hall–Kier alpha value is -1.60. The quantitative estimate of drug-likeness (QED) is 0.717. The van der Waals surface area contributed by atoms with Gasteiger partial charge in [-0.3, -0.25) is 4.79 Å². The monoisotopic (exact) mass is 428 g/mol. The van der Waals surface area contributed by atoms with E-state index < -0.39 is 58.2 Å². The minimum Gasteiger partial charge on any atom is -0.342 e. The van der Waals surface area contributed by atoms with Crippen molar-refractivity contribution in [3.05, 3.63) is 24.3 Å². The van der Waals surface area contributed by atoms with Gasteiger partial charge < -0.3 is 29.0 Å². The molecule has 0 unspecified atom stereocenters. The van der Waals surface area contributed by atoms with Crippen LogP contribution in [-0.2, 0) is 38.5 Å². The zero-order valence-corrected chi connectivity index (χ0v) is 17.3. The molecule has 0 bridgehead atoms. The van der Waals surface area contributed by atoms with E-state index in [0.717, 1.165) is 0 Å². The zero-order chi connectivity index (χ0) is 21.2. The number of fused-ring (bicyclic) bond motifs is 3. The summed E-state index contributed by atoms with van der Waals surface area (Å²) in [6.07, 6.45) is -3.59. The molecular formula is C18H24N2O8S. The van der Waals surface area contributed by atoms with Crippen LogP contribution in [0, 0.1) is 0 Å². The van der Waals surface area contributed by atoms with Gasteiger partial charge >= 0.3 is 0 Å². The highest BCUT2D eigenvalue weighted by molar-refractivity contribution is 7.89. The number of benzene rings is 1. The van der Waals surface area contributed by atoms with Gasteiger partial charge in [0.1, 0.15) is 18.3 Å². The van der Waals surface area contributed by atoms with Crippen molar-refractivity contribution in [2.75, 3.05) is 5.32 Å². The van der Waals surface area contributed by atoms with Gasteiger partial charge in [0.15, 0.2) is 24.0 Å². The number of rotatable bonds is 3. The third-order valence-electron chi connectivity index (χ3n) is 4.86. The Morgan fingerprint density at radius 2 is 1.48 bits per heavy atom. The van der Waals surface area contributed by atoms with Crippen LogP contribution in [0.15, 0.2) is 29.2 Å². The Kier molecular flexibility index (Phi) is 4.78. The number of anilines is 1. The van der Waals surface area contributed by atoms with Gasteiger partial charge in [0.05, 0.1) is 4.90 Å². The molecule has 0 saturated carbocycles. The van der Waals surface area contributed by atoms with Crippen molar-refractivity contribution >= 4 is 21.6 Å². The van der Waals surface area contributed by atoms with Crippen molar-refractivity contribution in [1.29, 1.82) is 0 Å². The van der Waals surface area contributed by atoms with E-state index in [1.54, 1.807) is 27.7 Å². The number of ether oxygens (including phenoxy) is 5. The number of nitrogens with one attached hydrogen (secondary N) is 1. The summed E-state index contributed by atoms with van der Waals surface area (Å²) >= 11 is 0. The van der Waals surface area contributed by atoms with Crippen LogP contribution in [0.3, 0.4) is 0 Å². The molecule has 1 amide bonds. The van der Waals surface area contributed by atoms with Crippen molar-refractivity contribution in [2.45, 2.75) is 74.9 Å². The van der Waals surface area contributed by atoms with Gasteiger partial charge in [0.2, 0.25) is 10.0 Å². The van der Waals surface area contributed by atoms with Crippen LogP contribution >= 0.6 is 0 Å². The first-order chi connectivity index (χ1) is 13.3. The third kappa shape index (κ3) is 4.04. The average molecular weight is 428 g/mol. The number of amides is 1. The molecule has 0 aromatic heterocycles. The first-order valence-corrected chi connectivity index (χ1v) is 10.7. The van der Waals surface area contributed by atoms with E-state index in [4.69, 9.17) is 28.8 Å². The normalized spacial score (nSPS) is 35.0. The number of sulfonamides is 1. The molecule has 1 aromatic rings. The topological polar surface area (TPSA) is 135 Å². The van der Waals surface area contributed by atoms with Crippen molar-refractivity contribution in [1.82, 2.24) is 0 Å². The van der Waals surface area contributed by atoms with Crippen LogP contribution in [0.2, 0.25) is 0 Å². The predicted molar refractivity (Wildman–Crippen MR) is 99.0 cm³/mol. The van der Waals surface area contributed by atoms with Crippen molar-refractivity contribution in [3.63, 3.8) is 0 Å². The molecule has 3 saturated heterocycles. The molecule has 5 atom stereocenters. The van der Waals surface area contributed by atoms with Crippen LogP contribution in [0.1, 0.15) is 27.7 Å². The maximum Gasteiger partial charge on any atom is 0.256 e. The van der Waals surface area contributed by atoms with Gasteiger partial charge in [-0.05, 0) is 52.0 Å².